The van der Waals surface area contributed by atoms with Gasteiger partial charge in [-0.2, -0.15) is 5.26 Å². The molecular weight excluding hydrogens is 324 g/mol. The van der Waals surface area contributed by atoms with E-state index in [9.17, 15) is 10.1 Å². The van der Waals surface area contributed by atoms with Crippen molar-refractivity contribution in [2.24, 2.45) is 13.0 Å². The second-order valence-electron chi connectivity index (χ2n) is 6.94. The van der Waals surface area contributed by atoms with Gasteiger partial charge in [-0.1, -0.05) is 18.2 Å². The fraction of sp³-hybridized carbons (Fsp3) is 0.286. The van der Waals surface area contributed by atoms with Gasteiger partial charge in [0.05, 0.1) is 11.2 Å². The number of hydrogen-bond acceptors (Lipinski definition) is 4. The molecule has 0 unspecified atom stereocenters. The molecule has 0 N–H and O–H groups in total. The summed E-state index contributed by atoms with van der Waals surface area (Å²) in [6.45, 7) is 2.93. The van der Waals surface area contributed by atoms with Crippen LogP contribution in [0, 0.1) is 24.2 Å². The van der Waals surface area contributed by atoms with Crippen LogP contribution in [0.15, 0.2) is 47.3 Å². The van der Waals surface area contributed by atoms with E-state index in [0.717, 1.165) is 29.0 Å². The molecule has 5 heteroatoms. The molecule has 1 saturated carbocycles. The monoisotopic (exact) mass is 344 g/mol. The van der Waals surface area contributed by atoms with Crippen LogP contribution in [-0.4, -0.2) is 16.1 Å². The van der Waals surface area contributed by atoms with Crippen LogP contribution in [0.25, 0.3) is 11.0 Å². The number of aromatic nitrogens is 2. The normalized spacial score (nSPS) is 13.6. The van der Waals surface area contributed by atoms with Crippen LogP contribution in [0.2, 0.25) is 0 Å². The van der Waals surface area contributed by atoms with Gasteiger partial charge in [0.2, 0.25) is 0 Å². The Bertz CT molecular complexity index is 1090. The Morgan fingerprint density at radius 1 is 1.23 bits per heavy atom. The fourth-order valence-corrected chi connectivity index (χ4v) is 3.33. The predicted molar refractivity (Wildman–Crippen MR) is 103 cm³/mol. The molecule has 0 amide bonds. The maximum absolute atomic E-state index is 12.6. The summed E-state index contributed by atoms with van der Waals surface area (Å²) in [5.41, 5.74) is 4.72. The van der Waals surface area contributed by atoms with Crippen molar-refractivity contribution in [1.29, 1.82) is 5.26 Å². The SMILES string of the molecule is Cc1ccccc1N(CC1CC1)c1cc(=O)n(C)c2ccc(C#N)nc12. The van der Waals surface area contributed by atoms with Crippen molar-refractivity contribution in [2.75, 3.05) is 11.4 Å². The third-order valence-corrected chi connectivity index (χ3v) is 5.02. The Balaban J connectivity index is 2.00. The third kappa shape index (κ3) is 2.84. The van der Waals surface area contributed by atoms with Crippen LogP contribution < -0.4 is 10.5 Å². The summed E-state index contributed by atoms with van der Waals surface area (Å²) in [6, 6.07) is 15.4. The Morgan fingerprint density at radius 2 is 2.00 bits per heavy atom. The molecule has 4 rings (SSSR count). The first-order valence-corrected chi connectivity index (χ1v) is 8.82. The number of fused-ring (bicyclic) bond motifs is 1. The van der Waals surface area contributed by atoms with E-state index in [1.165, 1.54) is 12.8 Å². The van der Waals surface area contributed by atoms with Gasteiger partial charge in [0, 0.05) is 25.3 Å². The standard InChI is InChI=1S/C21H20N4O/c1-14-5-3-4-6-17(14)25(13-15-7-8-15)19-11-20(26)24(2)18-10-9-16(12-22)23-21(18)19/h3-6,9-11,15H,7-8,13H2,1-2H3. The summed E-state index contributed by atoms with van der Waals surface area (Å²) in [6.07, 6.45) is 2.42. The van der Waals surface area contributed by atoms with Crippen LogP contribution in [0.5, 0.6) is 0 Å². The van der Waals surface area contributed by atoms with Crippen molar-refractivity contribution in [3.05, 3.63) is 64.1 Å². The number of hydrogen-bond donors (Lipinski definition) is 0. The van der Waals surface area contributed by atoms with E-state index in [2.05, 4.69) is 35.0 Å². The fourth-order valence-electron chi connectivity index (χ4n) is 3.33. The molecule has 2 aromatic heterocycles. The lowest BCUT2D eigenvalue weighted by Gasteiger charge is -2.27. The zero-order valence-electron chi connectivity index (χ0n) is 14.9. The van der Waals surface area contributed by atoms with Crippen LogP contribution in [-0.2, 0) is 7.05 Å². The summed E-state index contributed by atoms with van der Waals surface area (Å²) in [5.74, 6) is 0.632. The lowest BCUT2D eigenvalue weighted by atomic mass is 10.1. The molecule has 1 aliphatic carbocycles. The van der Waals surface area contributed by atoms with E-state index in [-0.39, 0.29) is 5.56 Å². The zero-order chi connectivity index (χ0) is 18.3. The Labute approximate surface area is 152 Å². The number of benzene rings is 1. The number of rotatable bonds is 4. The number of para-hydroxylation sites is 1. The Morgan fingerprint density at radius 3 is 2.69 bits per heavy atom. The van der Waals surface area contributed by atoms with E-state index in [1.54, 1.807) is 29.8 Å². The van der Waals surface area contributed by atoms with Crippen molar-refractivity contribution in [2.45, 2.75) is 19.8 Å². The van der Waals surface area contributed by atoms with Crippen LogP contribution in [0.1, 0.15) is 24.1 Å². The summed E-state index contributed by atoms with van der Waals surface area (Å²) < 4.78 is 1.58. The first-order chi connectivity index (χ1) is 12.6. The number of aryl methyl sites for hydroxylation is 2. The zero-order valence-corrected chi connectivity index (χ0v) is 14.9. The Kier molecular flexibility index (Phi) is 3.96. The second kappa shape index (κ2) is 6.30. The molecule has 0 atom stereocenters. The number of nitrogens with zero attached hydrogens (tertiary/aromatic N) is 4. The van der Waals surface area contributed by atoms with Gasteiger partial charge in [-0.05, 0) is 49.4 Å². The van der Waals surface area contributed by atoms with Crippen molar-refractivity contribution in [3.8, 4) is 6.07 Å². The van der Waals surface area contributed by atoms with E-state index < -0.39 is 0 Å². The topological polar surface area (TPSA) is 61.9 Å². The molecule has 5 nitrogen and oxygen atoms in total. The maximum Gasteiger partial charge on any atom is 0.252 e. The van der Waals surface area contributed by atoms with Crippen LogP contribution >= 0.6 is 0 Å². The van der Waals surface area contributed by atoms with Gasteiger partial charge >= 0.3 is 0 Å². The highest BCUT2D eigenvalue weighted by molar-refractivity contribution is 5.91. The predicted octanol–water partition coefficient (Wildman–Crippen LogP) is 3.66. The van der Waals surface area contributed by atoms with Crippen LogP contribution in [0.4, 0.5) is 11.4 Å². The summed E-state index contributed by atoms with van der Waals surface area (Å²) in [5, 5.41) is 9.27. The molecule has 1 fully saturated rings. The molecule has 0 bridgehead atoms. The quantitative estimate of drug-likeness (QED) is 0.724. The second-order valence-corrected chi connectivity index (χ2v) is 6.94. The van der Waals surface area contributed by atoms with E-state index in [0.29, 0.717) is 17.1 Å². The molecule has 1 aromatic carbocycles. The molecular formula is C21H20N4O. The highest BCUT2D eigenvalue weighted by Gasteiger charge is 2.27. The average Bonchev–Trinajstić information content (AvgIpc) is 3.47. The molecule has 0 saturated heterocycles. The first kappa shape index (κ1) is 16.3. The lowest BCUT2D eigenvalue weighted by Crippen LogP contribution is -2.25. The lowest BCUT2D eigenvalue weighted by molar-refractivity contribution is 0.809. The molecule has 1 aliphatic rings. The van der Waals surface area contributed by atoms with Gasteiger partial charge in [0.1, 0.15) is 17.3 Å². The van der Waals surface area contributed by atoms with Crippen molar-refractivity contribution >= 4 is 22.4 Å². The van der Waals surface area contributed by atoms with Gasteiger partial charge in [-0.25, -0.2) is 4.98 Å². The van der Waals surface area contributed by atoms with Crippen molar-refractivity contribution in [3.63, 3.8) is 0 Å². The minimum absolute atomic E-state index is 0.0756. The number of anilines is 2. The third-order valence-electron chi connectivity index (χ3n) is 5.02. The van der Waals surface area contributed by atoms with Gasteiger partial charge in [0.25, 0.3) is 5.56 Å². The van der Waals surface area contributed by atoms with E-state index >= 15 is 0 Å². The van der Waals surface area contributed by atoms with Gasteiger partial charge < -0.3 is 9.47 Å². The summed E-state index contributed by atoms with van der Waals surface area (Å²) in [7, 11) is 1.74. The van der Waals surface area contributed by atoms with Gasteiger partial charge in [-0.15, -0.1) is 0 Å². The Hall–Kier alpha value is -3.13. The minimum atomic E-state index is -0.0756. The first-order valence-electron chi connectivity index (χ1n) is 8.82. The average molecular weight is 344 g/mol. The molecule has 2 heterocycles. The highest BCUT2D eigenvalue weighted by atomic mass is 16.1. The molecule has 3 aromatic rings. The molecule has 0 radical (unpaired) electrons. The summed E-state index contributed by atoms with van der Waals surface area (Å²) in [4.78, 5) is 19.3. The molecule has 0 aliphatic heterocycles. The van der Waals surface area contributed by atoms with Crippen LogP contribution in [0.3, 0.4) is 0 Å². The highest BCUT2D eigenvalue weighted by Crippen LogP contribution is 2.38. The maximum atomic E-state index is 12.6. The van der Waals surface area contributed by atoms with Crippen molar-refractivity contribution < 1.29 is 0 Å². The smallest absolute Gasteiger partial charge is 0.252 e. The summed E-state index contributed by atoms with van der Waals surface area (Å²) >= 11 is 0. The number of pyridine rings is 2. The molecule has 26 heavy (non-hydrogen) atoms. The van der Waals surface area contributed by atoms with Gasteiger partial charge in [-0.3, -0.25) is 4.79 Å². The van der Waals surface area contributed by atoms with E-state index in [1.807, 2.05) is 12.1 Å². The minimum Gasteiger partial charge on any atom is -0.339 e. The molecule has 130 valence electrons. The van der Waals surface area contributed by atoms with Gasteiger partial charge in [0.15, 0.2) is 0 Å². The number of nitriles is 1. The van der Waals surface area contributed by atoms with Crippen molar-refractivity contribution in [1.82, 2.24) is 9.55 Å². The largest absolute Gasteiger partial charge is 0.339 e. The molecule has 0 spiro atoms. The van der Waals surface area contributed by atoms with E-state index in [4.69, 9.17) is 0 Å².